The quantitative estimate of drug-likeness (QED) is 0.513. The van der Waals surface area contributed by atoms with Gasteiger partial charge in [0.1, 0.15) is 5.00 Å². The molecule has 0 spiro atoms. The number of ether oxygens (including phenoxy) is 2. The summed E-state index contributed by atoms with van der Waals surface area (Å²) >= 11 is 0.914. The van der Waals surface area contributed by atoms with Gasteiger partial charge < -0.3 is 25.4 Å². The predicted octanol–water partition coefficient (Wildman–Crippen LogP) is 2.35. The molecule has 2 rings (SSSR count). The summed E-state index contributed by atoms with van der Waals surface area (Å²) in [5.74, 6) is -2.87. The Morgan fingerprint density at radius 3 is 2.38 bits per heavy atom. The molecule has 10 nitrogen and oxygen atoms in total. The van der Waals surface area contributed by atoms with Gasteiger partial charge in [-0.1, -0.05) is 6.07 Å². The molecule has 11 heteroatoms. The van der Waals surface area contributed by atoms with Crippen LogP contribution in [0.1, 0.15) is 49.8 Å². The molecule has 0 saturated carbocycles. The van der Waals surface area contributed by atoms with Gasteiger partial charge in [0, 0.05) is 19.7 Å². The summed E-state index contributed by atoms with van der Waals surface area (Å²) in [6, 6.07) is 6.05. The Balaban J connectivity index is 2.12. The lowest BCUT2D eigenvalue weighted by Gasteiger charge is -2.08. The largest absolute Gasteiger partial charge is 0.462 e. The van der Waals surface area contributed by atoms with Crippen molar-refractivity contribution >= 4 is 51.7 Å². The number of hydrogen-bond donors (Lipinski definition) is 3. The van der Waals surface area contributed by atoms with Gasteiger partial charge in [-0.25, -0.2) is 9.59 Å². The summed E-state index contributed by atoms with van der Waals surface area (Å²) in [6.45, 7) is 4.04. The highest BCUT2D eigenvalue weighted by molar-refractivity contribution is 7.18. The Morgan fingerprint density at radius 1 is 1.03 bits per heavy atom. The van der Waals surface area contributed by atoms with Crippen LogP contribution in [-0.4, -0.2) is 49.9 Å². The van der Waals surface area contributed by atoms with Crippen LogP contribution < -0.4 is 16.0 Å². The highest BCUT2D eigenvalue weighted by Crippen LogP contribution is 2.33. The van der Waals surface area contributed by atoms with Gasteiger partial charge in [0.15, 0.2) is 6.61 Å². The third-order valence-corrected chi connectivity index (χ3v) is 5.27. The van der Waals surface area contributed by atoms with Crippen LogP contribution in [0.5, 0.6) is 0 Å². The fourth-order valence-electron chi connectivity index (χ4n) is 2.69. The predicted molar refractivity (Wildman–Crippen MR) is 118 cm³/mol. The van der Waals surface area contributed by atoms with Gasteiger partial charge >= 0.3 is 11.9 Å². The molecule has 0 unspecified atom stereocenters. The molecular weight excluding hydrogens is 438 g/mol. The van der Waals surface area contributed by atoms with E-state index in [9.17, 15) is 24.0 Å². The van der Waals surface area contributed by atoms with E-state index < -0.39 is 30.4 Å². The fourth-order valence-corrected chi connectivity index (χ4v) is 3.84. The molecule has 32 heavy (non-hydrogen) atoms. The minimum atomic E-state index is -0.772. The lowest BCUT2D eigenvalue weighted by atomic mass is 10.1. The molecular formula is C21H23N3O7S. The molecule has 0 saturated heterocycles. The number of thiophene rings is 1. The van der Waals surface area contributed by atoms with Gasteiger partial charge in [-0.05, 0) is 37.6 Å². The fraction of sp³-hybridized carbons (Fsp3) is 0.286. The van der Waals surface area contributed by atoms with E-state index in [1.54, 1.807) is 26.0 Å². The van der Waals surface area contributed by atoms with E-state index in [4.69, 9.17) is 9.47 Å². The first-order valence-corrected chi connectivity index (χ1v) is 10.4. The monoisotopic (exact) mass is 461 g/mol. The maximum Gasteiger partial charge on any atom is 0.341 e. The zero-order valence-electron chi connectivity index (χ0n) is 18.0. The summed E-state index contributed by atoms with van der Waals surface area (Å²) in [5, 5.41) is 7.64. The SMILES string of the molecule is CCOC(=O)c1c(NC(=O)COC(=O)c2cccc(NC(C)=O)c2)sc(C(=O)NC)c1C. The van der Waals surface area contributed by atoms with Crippen LogP contribution in [0, 0.1) is 6.92 Å². The summed E-state index contributed by atoms with van der Waals surface area (Å²) in [4.78, 5) is 60.4. The van der Waals surface area contributed by atoms with Gasteiger partial charge in [-0.2, -0.15) is 0 Å². The molecule has 0 atom stereocenters. The highest BCUT2D eigenvalue weighted by atomic mass is 32.1. The molecule has 3 N–H and O–H groups in total. The van der Waals surface area contributed by atoms with Crippen LogP contribution in [0.25, 0.3) is 0 Å². The van der Waals surface area contributed by atoms with Crippen molar-refractivity contribution in [3.05, 3.63) is 45.8 Å². The minimum Gasteiger partial charge on any atom is -0.462 e. The van der Waals surface area contributed by atoms with Gasteiger partial charge in [-0.3, -0.25) is 14.4 Å². The number of benzene rings is 1. The summed E-state index contributed by atoms with van der Waals surface area (Å²) in [5.41, 5.74) is 0.990. The maximum absolute atomic E-state index is 12.4. The normalized spacial score (nSPS) is 10.1. The smallest absolute Gasteiger partial charge is 0.341 e. The topological polar surface area (TPSA) is 140 Å². The Bertz CT molecular complexity index is 1060. The Labute approximate surface area is 188 Å². The number of anilines is 2. The summed E-state index contributed by atoms with van der Waals surface area (Å²) in [7, 11) is 1.45. The zero-order chi connectivity index (χ0) is 23.8. The molecule has 0 bridgehead atoms. The van der Waals surface area contributed by atoms with Crippen molar-refractivity contribution in [3.63, 3.8) is 0 Å². The maximum atomic E-state index is 12.4. The van der Waals surface area contributed by atoms with E-state index in [0.29, 0.717) is 11.3 Å². The average Bonchev–Trinajstić information content (AvgIpc) is 3.07. The van der Waals surface area contributed by atoms with E-state index in [2.05, 4.69) is 16.0 Å². The Kier molecular flexibility index (Phi) is 8.47. The van der Waals surface area contributed by atoms with E-state index in [1.165, 1.54) is 26.1 Å². The molecule has 0 aliphatic heterocycles. The second-order valence-corrected chi connectivity index (χ2v) is 7.47. The van der Waals surface area contributed by atoms with E-state index in [1.807, 2.05) is 0 Å². The minimum absolute atomic E-state index is 0.0677. The molecule has 0 aliphatic rings. The van der Waals surface area contributed by atoms with Crippen molar-refractivity contribution in [1.29, 1.82) is 0 Å². The second kappa shape index (κ2) is 11.0. The van der Waals surface area contributed by atoms with E-state index in [0.717, 1.165) is 11.3 Å². The number of nitrogens with one attached hydrogen (secondary N) is 3. The van der Waals surface area contributed by atoms with Crippen molar-refractivity contribution in [1.82, 2.24) is 5.32 Å². The van der Waals surface area contributed by atoms with E-state index in [-0.39, 0.29) is 33.5 Å². The number of carbonyl (C=O) groups excluding carboxylic acids is 5. The number of hydrogen-bond acceptors (Lipinski definition) is 8. The number of carbonyl (C=O) groups is 5. The first-order chi connectivity index (χ1) is 15.2. The number of esters is 2. The summed E-state index contributed by atoms with van der Waals surface area (Å²) < 4.78 is 10.0. The molecule has 0 fully saturated rings. The van der Waals surface area contributed by atoms with Crippen molar-refractivity contribution in [3.8, 4) is 0 Å². The van der Waals surface area contributed by atoms with Crippen molar-refractivity contribution in [2.45, 2.75) is 20.8 Å². The second-order valence-electron chi connectivity index (χ2n) is 6.45. The molecule has 0 aliphatic carbocycles. The van der Waals surface area contributed by atoms with Crippen molar-refractivity contribution in [2.24, 2.45) is 0 Å². The lowest BCUT2D eigenvalue weighted by Crippen LogP contribution is -2.22. The van der Waals surface area contributed by atoms with Crippen LogP contribution in [0.4, 0.5) is 10.7 Å². The van der Waals surface area contributed by atoms with Crippen LogP contribution >= 0.6 is 11.3 Å². The van der Waals surface area contributed by atoms with Gasteiger partial charge in [0.2, 0.25) is 5.91 Å². The third-order valence-electron chi connectivity index (χ3n) is 4.07. The molecule has 1 aromatic heterocycles. The molecule has 1 aromatic carbocycles. The Morgan fingerprint density at radius 2 is 1.75 bits per heavy atom. The number of rotatable bonds is 8. The van der Waals surface area contributed by atoms with Crippen molar-refractivity contribution < 1.29 is 33.4 Å². The first-order valence-electron chi connectivity index (χ1n) is 9.55. The third kappa shape index (κ3) is 6.14. The molecule has 3 amide bonds. The standard InChI is InChI=1S/C21H23N3O7S/c1-5-30-21(29)16-11(2)17(18(27)22-4)32-19(16)24-15(26)10-31-20(28)13-7-6-8-14(9-13)23-12(3)25/h6-9H,5,10H2,1-4H3,(H,22,27)(H,23,25)(H,24,26). The lowest BCUT2D eigenvalue weighted by molar-refractivity contribution is -0.119. The first kappa shape index (κ1) is 24.5. The highest BCUT2D eigenvalue weighted by Gasteiger charge is 2.26. The van der Waals surface area contributed by atoms with Crippen LogP contribution in [-0.2, 0) is 19.1 Å². The van der Waals surface area contributed by atoms with Crippen LogP contribution in [0.3, 0.4) is 0 Å². The Hall–Kier alpha value is -3.73. The van der Waals surface area contributed by atoms with Gasteiger partial charge in [0.05, 0.1) is 22.6 Å². The molecule has 1 heterocycles. The molecule has 170 valence electrons. The zero-order valence-corrected chi connectivity index (χ0v) is 18.8. The van der Waals surface area contributed by atoms with Crippen molar-refractivity contribution in [2.75, 3.05) is 30.9 Å². The average molecular weight is 461 g/mol. The van der Waals surface area contributed by atoms with Gasteiger partial charge in [-0.15, -0.1) is 11.3 Å². The molecule has 0 radical (unpaired) electrons. The van der Waals surface area contributed by atoms with E-state index >= 15 is 0 Å². The number of amides is 3. The summed E-state index contributed by atoms with van der Waals surface area (Å²) in [6.07, 6.45) is 0. The van der Waals surface area contributed by atoms with Gasteiger partial charge in [0.25, 0.3) is 11.8 Å². The molecule has 2 aromatic rings. The van der Waals surface area contributed by atoms with Crippen LogP contribution in [0.15, 0.2) is 24.3 Å². The van der Waals surface area contributed by atoms with Crippen LogP contribution in [0.2, 0.25) is 0 Å².